The second kappa shape index (κ2) is 10.6. The van der Waals surface area contributed by atoms with E-state index in [2.05, 4.69) is 24.3 Å². The molecule has 3 aromatic carbocycles. The van der Waals surface area contributed by atoms with Crippen LogP contribution in [-0.4, -0.2) is 13.1 Å². The summed E-state index contributed by atoms with van der Waals surface area (Å²) in [4.78, 5) is 11.8. The number of methoxy groups -OCH3 is 1. The van der Waals surface area contributed by atoms with Crippen molar-refractivity contribution < 1.29 is 13.9 Å². The molecule has 3 aromatic rings. The van der Waals surface area contributed by atoms with Crippen molar-refractivity contribution in [1.82, 2.24) is 0 Å². The van der Waals surface area contributed by atoms with E-state index in [1.54, 1.807) is 0 Å². The number of rotatable bonds is 7. The quantitative estimate of drug-likeness (QED) is 0.361. The van der Waals surface area contributed by atoms with E-state index >= 15 is 0 Å². The fourth-order valence-electron chi connectivity index (χ4n) is 4.93. The minimum Gasteiger partial charge on any atom is -0.465 e. The number of benzene rings is 3. The van der Waals surface area contributed by atoms with Crippen LogP contribution in [0.25, 0.3) is 11.1 Å². The van der Waals surface area contributed by atoms with Gasteiger partial charge in [-0.15, -0.1) is 0 Å². The van der Waals surface area contributed by atoms with E-state index in [0.717, 1.165) is 23.5 Å². The monoisotopic (exact) mass is 430 g/mol. The van der Waals surface area contributed by atoms with Crippen molar-refractivity contribution in [2.45, 2.75) is 50.9 Å². The maximum Gasteiger partial charge on any atom is 0.337 e. The van der Waals surface area contributed by atoms with Gasteiger partial charge in [0, 0.05) is 0 Å². The van der Waals surface area contributed by atoms with E-state index in [4.69, 9.17) is 4.74 Å². The number of carbonyl (C=O) groups excluding carboxylic acids is 1. The lowest BCUT2D eigenvalue weighted by Gasteiger charge is -2.27. The Morgan fingerprint density at radius 1 is 0.875 bits per heavy atom. The molecule has 0 radical (unpaired) electrons. The zero-order valence-corrected chi connectivity index (χ0v) is 18.7. The van der Waals surface area contributed by atoms with Gasteiger partial charge < -0.3 is 4.74 Å². The van der Waals surface area contributed by atoms with E-state index in [-0.39, 0.29) is 11.8 Å². The second-order valence-electron chi connectivity index (χ2n) is 8.96. The number of hydrogen-bond donors (Lipinski definition) is 0. The van der Waals surface area contributed by atoms with Crippen molar-refractivity contribution in [3.8, 4) is 11.1 Å². The SMILES string of the molecule is COC(=O)c1ccc(C[C@@H](CC2CCCCC2)c2ccc(-c3ccc(F)cc3)cc2)cc1. The van der Waals surface area contributed by atoms with Crippen LogP contribution in [-0.2, 0) is 11.2 Å². The molecule has 0 unspecified atom stereocenters. The highest BCUT2D eigenvalue weighted by molar-refractivity contribution is 5.89. The van der Waals surface area contributed by atoms with Crippen molar-refractivity contribution in [3.05, 3.63) is 95.3 Å². The van der Waals surface area contributed by atoms with Crippen LogP contribution >= 0.6 is 0 Å². The first-order chi connectivity index (χ1) is 15.6. The molecular formula is C29H31FO2. The van der Waals surface area contributed by atoms with Gasteiger partial charge in [0.2, 0.25) is 0 Å². The molecule has 0 aliphatic heterocycles. The predicted octanol–water partition coefficient (Wildman–Crippen LogP) is 7.58. The average Bonchev–Trinajstić information content (AvgIpc) is 2.85. The molecule has 0 bridgehead atoms. The van der Waals surface area contributed by atoms with E-state index in [0.29, 0.717) is 11.5 Å². The molecule has 1 saturated carbocycles. The molecule has 32 heavy (non-hydrogen) atoms. The fourth-order valence-corrected chi connectivity index (χ4v) is 4.93. The molecule has 0 heterocycles. The van der Waals surface area contributed by atoms with Crippen LogP contribution < -0.4 is 0 Å². The molecule has 0 spiro atoms. The van der Waals surface area contributed by atoms with Crippen molar-refractivity contribution in [2.24, 2.45) is 5.92 Å². The molecule has 1 aliphatic rings. The number of carbonyl (C=O) groups is 1. The minimum absolute atomic E-state index is 0.212. The Morgan fingerprint density at radius 2 is 1.47 bits per heavy atom. The molecule has 2 nitrogen and oxygen atoms in total. The maximum atomic E-state index is 13.3. The van der Waals surface area contributed by atoms with Crippen LogP contribution in [0.4, 0.5) is 4.39 Å². The van der Waals surface area contributed by atoms with Crippen LogP contribution in [0.15, 0.2) is 72.8 Å². The Morgan fingerprint density at radius 3 is 2.06 bits per heavy atom. The van der Waals surface area contributed by atoms with Gasteiger partial charge >= 0.3 is 5.97 Å². The van der Waals surface area contributed by atoms with Crippen molar-refractivity contribution in [3.63, 3.8) is 0 Å². The molecule has 0 amide bonds. The summed E-state index contributed by atoms with van der Waals surface area (Å²) in [5.74, 6) is 0.701. The average molecular weight is 431 g/mol. The molecule has 3 heteroatoms. The summed E-state index contributed by atoms with van der Waals surface area (Å²) in [6, 6.07) is 23.2. The zero-order chi connectivity index (χ0) is 22.3. The molecule has 0 aromatic heterocycles. The molecule has 1 fully saturated rings. The third-order valence-electron chi connectivity index (χ3n) is 6.76. The Hall–Kier alpha value is -2.94. The van der Waals surface area contributed by atoms with Gasteiger partial charge in [-0.05, 0) is 71.2 Å². The summed E-state index contributed by atoms with van der Waals surface area (Å²) in [6.07, 6.45) is 8.84. The Bertz CT molecular complexity index is 1000. The predicted molar refractivity (Wildman–Crippen MR) is 127 cm³/mol. The third kappa shape index (κ3) is 5.64. The van der Waals surface area contributed by atoms with Gasteiger partial charge in [-0.1, -0.05) is 80.6 Å². The molecule has 4 rings (SSSR count). The molecule has 1 aliphatic carbocycles. The van der Waals surface area contributed by atoms with Gasteiger partial charge in [-0.2, -0.15) is 0 Å². The Labute approximate surface area is 190 Å². The van der Waals surface area contributed by atoms with Gasteiger partial charge in [-0.3, -0.25) is 0 Å². The summed E-state index contributed by atoms with van der Waals surface area (Å²) >= 11 is 0. The highest BCUT2D eigenvalue weighted by Gasteiger charge is 2.21. The van der Waals surface area contributed by atoms with E-state index in [9.17, 15) is 9.18 Å². The number of hydrogen-bond acceptors (Lipinski definition) is 2. The maximum absolute atomic E-state index is 13.3. The number of esters is 1. The highest BCUT2D eigenvalue weighted by Crippen LogP contribution is 2.35. The van der Waals surface area contributed by atoms with Crippen LogP contribution in [0.2, 0.25) is 0 Å². The van der Waals surface area contributed by atoms with Crippen molar-refractivity contribution in [2.75, 3.05) is 7.11 Å². The van der Waals surface area contributed by atoms with E-state index in [1.165, 1.54) is 68.9 Å². The summed E-state index contributed by atoms with van der Waals surface area (Å²) in [5.41, 5.74) is 5.30. The van der Waals surface area contributed by atoms with E-state index in [1.807, 2.05) is 36.4 Å². The topological polar surface area (TPSA) is 26.3 Å². The summed E-state index contributed by atoms with van der Waals surface area (Å²) in [7, 11) is 1.41. The Balaban J connectivity index is 1.54. The van der Waals surface area contributed by atoms with Crippen LogP contribution in [0.5, 0.6) is 0 Å². The number of halogens is 1. The summed E-state index contributed by atoms with van der Waals surface area (Å²) in [5, 5.41) is 0. The Kier molecular flexibility index (Phi) is 7.36. The normalized spacial score (nSPS) is 15.3. The molecule has 1 atom stereocenters. The molecule has 0 saturated heterocycles. The summed E-state index contributed by atoms with van der Waals surface area (Å²) < 4.78 is 18.1. The largest absolute Gasteiger partial charge is 0.465 e. The van der Waals surface area contributed by atoms with Gasteiger partial charge in [0.15, 0.2) is 0 Å². The van der Waals surface area contributed by atoms with Crippen LogP contribution in [0.1, 0.15) is 65.9 Å². The highest BCUT2D eigenvalue weighted by atomic mass is 19.1. The van der Waals surface area contributed by atoms with Crippen LogP contribution in [0, 0.1) is 11.7 Å². The van der Waals surface area contributed by atoms with Crippen molar-refractivity contribution >= 4 is 5.97 Å². The van der Waals surface area contributed by atoms with Gasteiger partial charge in [0.1, 0.15) is 5.82 Å². The van der Waals surface area contributed by atoms with Gasteiger partial charge in [-0.25, -0.2) is 9.18 Å². The van der Waals surface area contributed by atoms with Crippen LogP contribution in [0.3, 0.4) is 0 Å². The van der Waals surface area contributed by atoms with Crippen molar-refractivity contribution in [1.29, 1.82) is 0 Å². The lowest BCUT2D eigenvalue weighted by molar-refractivity contribution is 0.0600. The van der Waals surface area contributed by atoms with E-state index < -0.39 is 0 Å². The fraction of sp³-hybridized carbons (Fsp3) is 0.345. The first kappa shape index (κ1) is 22.3. The first-order valence-electron chi connectivity index (χ1n) is 11.7. The summed E-state index contributed by atoms with van der Waals surface area (Å²) in [6.45, 7) is 0. The zero-order valence-electron chi connectivity index (χ0n) is 18.7. The number of ether oxygens (including phenoxy) is 1. The van der Waals surface area contributed by atoms with Gasteiger partial charge in [0.05, 0.1) is 12.7 Å². The second-order valence-corrected chi connectivity index (χ2v) is 8.96. The molecular weight excluding hydrogens is 399 g/mol. The smallest absolute Gasteiger partial charge is 0.337 e. The van der Waals surface area contributed by atoms with Gasteiger partial charge in [0.25, 0.3) is 0 Å². The third-order valence-corrected chi connectivity index (χ3v) is 6.76. The first-order valence-corrected chi connectivity index (χ1v) is 11.7. The lowest BCUT2D eigenvalue weighted by atomic mass is 9.78. The minimum atomic E-state index is -0.299. The standard InChI is InChI=1S/C29H31FO2/c1-32-29(31)26-9-7-22(8-10-26)20-27(19-21-5-3-2-4-6-21)25-13-11-23(12-14-25)24-15-17-28(30)18-16-24/h7-18,21,27H,2-6,19-20H2,1H3/t27-/m1/s1. The molecule has 0 N–H and O–H groups in total. The molecule has 166 valence electrons. The lowest BCUT2D eigenvalue weighted by Crippen LogP contribution is -2.13.